The Balaban J connectivity index is 2.33. The lowest BCUT2D eigenvalue weighted by Gasteiger charge is -2.23. The molecule has 0 saturated heterocycles. The van der Waals surface area contributed by atoms with E-state index in [1.807, 2.05) is 0 Å². The molecule has 0 spiro atoms. The predicted molar refractivity (Wildman–Crippen MR) is 79.1 cm³/mol. The summed E-state index contributed by atoms with van der Waals surface area (Å²) < 4.78 is 67.5. The zero-order valence-corrected chi connectivity index (χ0v) is 12.5. The topological polar surface area (TPSA) is 70.6 Å². The van der Waals surface area contributed by atoms with E-state index in [0.717, 1.165) is 6.07 Å². The molecule has 3 rings (SSSR count). The van der Waals surface area contributed by atoms with Gasteiger partial charge in [-0.05, 0) is 12.1 Å². The van der Waals surface area contributed by atoms with Gasteiger partial charge in [-0.3, -0.25) is 4.99 Å². The number of hydrogen-bond donors (Lipinski definition) is 2. The first-order chi connectivity index (χ1) is 10.8. The summed E-state index contributed by atoms with van der Waals surface area (Å²) in [5.74, 6) is -3.69. The number of nitrogens with zero attached hydrogens (tertiary/aromatic N) is 1. The van der Waals surface area contributed by atoms with Crippen molar-refractivity contribution >= 4 is 21.7 Å². The Hall–Kier alpha value is -2.55. The van der Waals surface area contributed by atoms with Crippen LogP contribution in [-0.4, -0.2) is 21.4 Å². The van der Waals surface area contributed by atoms with Crippen LogP contribution in [0.15, 0.2) is 40.2 Å². The summed E-state index contributed by atoms with van der Waals surface area (Å²) in [6.45, 7) is 0. The maximum absolute atomic E-state index is 14.0. The molecule has 2 aromatic rings. The molecule has 0 atom stereocenters. The predicted octanol–water partition coefficient (Wildman–Crippen LogP) is 2.46. The molecular weight excluding hydrogens is 331 g/mol. The van der Waals surface area contributed by atoms with Crippen LogP contribution in [0.5, 0.6) is 0 Å². The van der Waals surface area contributed by atoms with Crippen LogP contribution < -0.4 is 10.0 Å². The molecule has 0 saturated carbocycles. The second kappa shape index (κ2) is 5.27. The van der Waals surface area contributed by atoms with E-state index in [1.165, 1.54) is 25.2 Å². The highest BCUT2D eigenvalue weighted by molar-refractivity contribution is 7.90. The summed E-state index contributed by atoms with van der Waals surface area (Å²) in [6.07, 6.45) is 0. The van der Waals surface area contributed by atoms with Gasteiger partial charge in [0.25, 0.3) is 10.0 Å². The van der Waals surface area contributed by atoms with Crippen molar-refractivity contribution in [3.8, 4) is 11.1 Å². The number of hydrogen-bond acceptors (Lipinski definition) is 3. The molecule has 1 aliphatic heterocycles. The maximum atomic E-state index is 14.0. The molecule has 2 aromatic carbocycles. The van der Waals surface area contributed by atoms with Crippen LogP contribution in [0.25, 0.3) is 11.1 Å². The Morgan fingerprint density at radius 1 is 1.09 bits per heavy atom. The fourth-order valence-electron chi connectivity index (χ4n) is 2.29. The monoisotopic (exact) mass is 341 g/mol. The number of para-hydroxylation sites is 1. The van der Waals surface area contributed by atoms with E-state index < -0.39 is 27.5 Å². The second-order valence-electron chi connectivity index (χ2n) is 4.73. The molecule has 0 aliphatic carbocycles. The SMILES string of the molecule is CN=C1Nc2c(-c3cc(F)cc(F)c3F)cccc2S(=O)(=O)N1. The van der Waals surface area contributed by atoms with Gasteiger partial charge in [0.15, 0.2) is 11.6 Å². The highest BCUT2D eigenvalue weighted by atomic mass is 32.2. The minimum absolute atomic E-state index is 0.00394. The molecule has 0 bridgehead atoms. The Bertz CT molecular complexity index is 943. The van der Waals surface area contributed by atoms with Gasteiger partial charge in [-0.15, -0.1) is 0 Å². The van der Waals surface area contributed by atoms with Crippen LogP contribution in [-0.2, 0) is 10.0 Å². The van der Waals surface area contributed by atoms with E-state index in [9.17, 15) is 21.6 Å². The zero-order valence-electron chi connectivity index (χ0n) is 11.7. The number of rotatable bonds is 1. The number of halogens is 3. The maximum Gasteiger partial charge on any atom is 0.266 e. The molecular formula is C14H10F3N3O2S. The lowest BCUT2D eigenvalue weighted by molar-refractivity contribution is 0.497. The summed E-state index contributed by atoms with van der Waals surface area (Å²) in [5.41, 5.74) is -0.389. The number of benzene rings is 2. The van der Waals surface area contributed by atoms with Crippen molar-refractivity contribution in [3.63, 3.8) is 0 Å². The molecule has 0 unspecified atom stereocenters. The lowest BCUT2D eigenvalue weighted by Crippen LogP contribution is -2.40. The molecule has 0 aromatic heterocycles. The summed E-state index contributed by atoms with van der Waals surface area (Å²) >= 11 is 0. The molecule has 0 amide bonds. The van der Waals surface area contributed by atoms with Crippen LogP contribution in [0.1, 0.15) is 0 Å². The third-order valence-electron chi connectivity index (χ3n) is 3.30. The summed E-state index contributed by atoms with van der Waals surface area (Å²) in [7, 11) is -2.57. The molecule has 1 heterocycles. The Labute approximate surface area is 129 Å². The largest absolute Gasteiger partial charge is 0.324 e. The molecule has 0 radical (unpaired) electrons. The van der Waals surface area contributed by atoms with E-state index in [4.69, 9.17) is 0 Å². The minimum atomic E-state index is -3.92. The zero-order chi connectivity index (χ0) is 16.8. The Kier molecular flexibility index (Phi) is 3.52. The van der Waals surface area contributed by atoms with Gasteiger partial charge in [0.05, 0.1) is 5.69 Å². The number of anilines is 1. The molecule has 120 valence electrons. The Morgan fingerprint density at radius 2 is 1.83 bits per heavy atom. The quantitative estimate of drug-likeness (QED) is 0.783. The summed E-state index contributed by atoms with van der Waals surface area (Å²) in [4.78, 5) is 3.53. The van der Waals surface area contributed by atoms with Crippen LogP contribution in [0.2, 0.25) is 0 Å². The van der Waals surface area contributed by atoms with Gasteiger partial charge < -0.3 is 5.32 Å². The summed E-state index contributed by atoms with van der Waals surface area (Å²) in [6, 6.07) is 5.21. The fraction of sp³-hybridized carbons (Fsp3) is 0.0714. The van der Waals surface area contributed by atoms with Crippen molar-refractivity contribution in [2.45, 2.75) is 4.90 Å². The number of aliphatic imine (C=N–C) groups is 1. The minimum Gasteiger partial charge on any atom is -0.324 e. The van der Waals surface area contributed by atoms with E-state index in [1.54, 1.807) is 0 Å². The van der Waals surface area contributed by atoms with E-state index in [2.05, 4.69) is 15.0 Å². The van der Waals surface area contributed by atoms with Crippen molar-refractivity contribution in [2.75, 3.05) is 12.4 Å². The van der Waals surface area contributed by atoms with E-state index in [-0.39, 0.29) is 27.7 Å². The van der Waals surface area contributed by atoms with Gasteiger partial charge in [-0.2, -0.15) is 0 Å². The van der Waals surface area contributed by atoms with Crippen LogP contribution in [0, 0.1) is 17.5 Å². The van der Waals surface area contributed by atoms with Crippen LogP contribution >= 0.6 is 0 Å². The second-order valence-corrected chi connectivity index (χ2v) is 6.38. The van der Waals surface area contributed by atoms with Crippen molar-refractivity contribution in [3.05, 3.63) is 47.8 Å². The van der Waals surface area contributed by atoms with Crippen molar-refractivity contribution in [2.24, 2.45) is 4.99 Å². The fourth-order valence-corrected chi connectivity index (χ4v) is 3.48. The standard InChI is InChI=1S/C14H10F3N3O2S/c1-18-14-19-13-8(3-2-4-11(13)23(21,22)20-14)9-5-7(15)6-10(16)12(9)17/h2-6H,1H3,(H2,18,19,20). The summed E-state index contributed by atoms with van der Waals surface area (Å²) in [5, 5.41) is 2.68. The molecule has 1 aliphatic rings. The molecule has 23 heavy (non-hydrogen) atoms. The highest BCUT2D eigenvalue weighted by Gasteiger charge is 2.29. The van der Waals surface area contributed by atoms with Gasteiger partial charge in [-0.1, -0.05) is 12.1 Å². The molecule has 0 fully saturated rings. The van der Waals surface area contributed by atoms with Gasteiger partial charge in [-0.25, -0.2) is 26.3 Å². The molecule has 2 N–H and O–H groups in total. The van der Waals surface area contributed by atoms with Crippen LogP contribution in [0.3, 0.4) is 0 Å². The normalized spacial score (nSPS) is 17.3. The van der Waals surface area contributed by atoms with Gasteiger partial charge in [0.1, 0.15) is 10.7 Å². The van der Waals surface area contributed by atoms with E-state index >= 15 is 0 Å². The Morgan fingerprint density at radius 3 is 2.52 bits per heavy atom. The third-order valence-corrected chi connectivity index (χ3v) is 4.68. The first-order valence-corrected chi connectivity index (χ1v) is 7.86. The number of sulfonamides is 1. The van der Waals surface area contributed by atoms with Gasteiger partial charge in [0.2, 0.25) is 5.96 Å². The van der Waals surface area contributed by atoms with Crippen molar-refractivity contribution < 1.29 is 21.6 Å². The van der Waals surface area contributed by atoms with Gasteiger partial charge >= 0.3 is 0 Å². The molecule has 5 nitrogen and oxygen atoms in total. The first-order valence-electron chi connectivity index (χ1n) is 6.38. The smallest absolute Gasteiger partial charge is 0.266 e. The average molecular weight is 341 g/mol. The number of fused-ring (bicyclic) bond motifs is 1. The van der Waals surface area contributed by atoms with Gasteiger partial charge in [0, 0.05) is 24.2 Å². The highest BCUT2D eigenvalue weighted by Crippen LogP contribution is 2.37. The number of nitrogens with one attached hydrogen (secondary N) is 2. The average Bonchev–Trinajstić information content (AvgIpc) is 2.49. The van der Waals surface area contributed by atoms with E-state index in [0.29, 0.717) is 6.07 Å². The van der Waals surface area contributed by atoms with Crippen LogP contribution in [0.4, 0.5) is 18.9 Å². The molecule has 9 heteroatoms. The number of guanidine groups is 1. The first kappa shape index (κ1) is 15.3. The lowest BCUT2D eigenvalue weighted by atomic mass is 10.0. The van der Waals surface area contributed by atoms with Crippen molar-refractivity contribution in [1.82, 2.24) is 4.72 Å². The third kappa shape index (κ3) is 2.52. The van der Waals surface area contributed by atoms with Crippen molar-refractivity contribution in [1.29, 1.82) is 0 Å².